The third kappa shape index (κ3) is 3.55. The summed E-state index contributed by atoms with van der Waals surface area (Å²) in [6.45, 7) is 2.50. The molecule has 2 heteroatoms. The monoisotopic (exact) mass is 172 g/mol. The van der Waals surface area contributed by atoms with Crippen molar-refractivity contribution in [3.63, 3.8) is 0 Å². The molecule has 0 aromatic rings. The maximum Gasteiger partial charge on any atom is 0.0863 e. The highest BCUT2D eigenvalue weighted by molar-refractivity contribution is 4.83. The summed E-state index contributed by atoms with van der Waals surface area (Å²) in [4.78, 5) is 0. The average molecular weight is 172 g/mol. The second kappa shape index (κ2) is 5.55. The molecule has 1 fully saturated rings. The Morgan fingerprint density at radius 3 is 2.50 bits per heavy atom. The Labute approximate surface area is 74.9 Å². The highest BCUT2D eigenvalue weighted by Crippen LogP contribution is 2.29. The zero-order valence-corrected chi connectivity index (χ0v) is 7.96. The van der Waals surface area contributed by atoms with Gasteiger partial charge in [-0.25, -0.2) is 0 Å². The third-order valence-electron chi connectivity index (χ3n) is 2.44. The van der Waals surface area contributed by atoms with E-state index in [0.717, 1.165) is 6.42 Å². The summed E-state index contributed by atoms with van der Waals surface area (Å²) in [6.07, 6.45) is 8.17. The number of epoxide rings is 1. The van der Waals surface area contributed by atoms with Crippen LogP contribution < -0.4 is 0 Å². The Bertz CT molecular complexity index is 114. The van der Waals surface area contributed by atoms with Gasteiger partial charge in [0, 0.05) is 6.61 Å². The van der Waals surface area contributed by atoms with E-state index in [-0.39, 0.29) is 6.61 Å². The normalized spacial score (nSPS) is 27.5. The first kappa shape index (κ1) is 10.0. The molecule has 1 rings (SSSR count). The fraction of sp³-hybridized carbons (Fsp3) is 1.00. The topological polar surface area (TPSA) is 32.8 Å². The molecule has 72 valence electrons. The van der Waals surface area contributed by atoms with Gasteiger partial charge in [-0.15, -0.1) is 0 Å². The van der Waals surface area contributed by atoms with E-state index in [4.69, 9.17) is 9.84 Å². The van der Waals surface area contributed by atoms with Gasteiger partial charge in [0.05, 0.1) is 12.2 Å². The van der Waals surface area contributed by atoms with Crippen molar-refractivity contribution < 1.29 is 9.84 Å². The lowest BCUT2D eigenvalue weighted by Crippen LogP contribution is -1.96. The molecule has 0 aromatic carbocycles. The lowest BCUT2D eigenvalue weighted by atomic mass is 10.1. The van der Waals surface area contributed by atoms with E-state index in [9.17, 15) is 0 Å². The molecule has 0 amide bonds. The summed E-state index contributed by atoms with van der Waals surface area (Å²) in [5, 5.41) is 8.62. The summed E-state index contributed by atoms with van der Waals surface area (Å²) in [5.74, 6) is 0. The second-order valence-electron chi connectivity index (χ2n) is 3.57. The van der Waals surface area contributed by atoms with Crippen molar-refractivity contribution in [2.45, 2.75) is 57.7 Å². The maximum absolute atomic E-state index is 8.62. The van der Waals surface area contributed by atoms with Gasteiger partial charge in [0.25, 0.3) is 0 Å². The molecular weight excluding hydrogens is 152 g/mol. The molecule has 2 nitrogen and oxygen atoms in total. The van der Waals surface area contributed by atoms with E-state index in [1.54, 1.807) is 0 Å². The Balaban J connectivity index is 1.83. The van der Waals surface area contributed by atoms with E-state index in [1.165, 1.54) is 32.1 Å². The number of ether oxygens (including phenoxy) is 1. The van der Waals surface area contributed by atoms with Gasteiger partial charge in [-0.3, -0.25) is 0 Å². The minimum atomic E-state index is 0.274. The zero-order chi connectivity index (χ0) is 8.81. The van der Waals surface area contributed by atoms with E-state index >= 15 is 0 Å². The number of hydrogen-bond acceptors (Lipinski definition) is 2. The minimum Gasteiger partial charge on any atom is -0.396 e. The van der Waals surface area contributed by atoms with Crippen LogP contribution in [-0.4, -0.2) is 23.9 Å². The predicted molar refractivity (Wildman–Crippen MR) is 49.1 cm³/mol. The van der Waals surface area contributed by atoms with Crippen LogP contribution in [0.5, 0.6) is 0 Å². The van der Waals surface area contributed by atoms with E-state index < -0.39 is 0 Å². The molecule has 0 unspecified atom stereocenters. The van der Waals surface area contributed by atoms with E-state index in [2.05, 4.69) is 6.92 Å². The van der Waals surface area contributed by atoms with Crippen molar-refractivity contribution in [1.29, 1.82) is 0 Å². The Morgan fingerprint density at radius 2 is 1.83 bits per heavy atom. The van der Waals surface area contributed by atoms with Crippen LogP contribution in [0.3, 0.4) is 0 Å². The molecule has 12 heavy (non-hydrogen) atoms. The molecule has 0 aliphatic carbocycles. The fourth-order valence-corrected chi connectivity index (χ4v) is 1.59. The van der Waals surface area contributed by atoms with E-state index in [1.807, 2.05) is 0 Å². The highest BCUT2D eigenvalue weighted by atomic mass is 16.6. The van der Waals surface area contributed by atoms with Gasteiger partial charge in [0.2, 0.25) is 0 Å². The fourth-order valence-electron chi connectivity index (χ4n) is 1.59. The molecule has 1 saturated heterocycles. The molecule has 1 N–H and O–H groups in total. The van der Waals surface area contributed by atoms with Crippen LogP contribution >= 0.6 is 0 Å². The summed E-state index contributed by atoms with van der Waals surface area (Å²) < 4.78 is 5.38. The predicted octanol–water partition coefficient (Wildman–Crippen LogP) is 2.11. The first-order valence-electron chi connectivity index (χ1n) is 5.14. The number of aliphatic hydroxyl groups is 1. The first-order valence-corrected chi connectivity index (χ1v) is 5.14. The lowest BCUT2D eigenvalue weighted by molar-refractivity contribution is 0.262. The van der Waals surface area contributed by atoms with Crippen molar-refractivity contribution in [2.75, 3.05) is 6.61 Å². The van der Waals surface area contributed by atoms with Crippen molar-refractivity contribution in [1.82, 2.24) is 0 Å². The summed E-state index contributed by atoms with van der Waals surface area (Å²) in [5.41, 5.74) is 0. The van der Waals surface area contributed by atoms with Gasteiger partial charge >= 0.3 is 0 Å². The largest absolute Gasteiger partial charge is 0.396 e. The molecule has 0 bridgehead atoms. The van der Waals surface area contributed by atoms with Crippen LogP contribution in [0.15, 0.2) is 0 Å². The molecule has 1 aliphatic heterocycles. The van der Waals surface area contributed by atoms with Crippen LogP contribution in [0.4, 0.5) is 0 Å². The molecule has 1 heterocycles. The summed E-state index contributed by atoms with van der Waals surface area (Å²) in [7, 11) is 0. The molecule has 0 radical (unpaired) electrons. The number of rotatable bonds is 7. The van der Waals surface area contributed by atoms with Crippen LogP contribution in [0, 0.1) is 0 Å². The van der Waals surface area contributed by atoms with Gasteiger partial charge in [0.1, 0.15) is 0 Å². The smallest absolute Gasteiger partial charge is 0.0863 e. The van der Waals surface area contributed by atoms with Gasteiger partial charge in [-0.2, -0.15) is 0 Å². The van der Waals surface area contributed by atoms with Crippen LogP contribution in [0.25, 0.3) is 0 Å². The second-order valence-corrected chi connectivity index (χ2v) is 3.57. The molecule has 0 aromatic heterocycles. The zero-order valence-electron chi connectivity index (χ0n) is 7.96. The molecule has 0 saturated carbocycles. The van der Waals surface area contributed by atoms with Crippen molar-refractivity contribution in [2.24, 2.45) is 0 Å². The third-order valence-corrected chi connectivity index (χ3v) is 2.44. The maximum atomic E-state index is 8.62. The average Bonchev–Trinajstić information content (AvgIpc) is 2.79. The van der Waals surface area contributed by atoms with Gasteiger partial charge in [0.15, 0.2) is 0 Å². The number of hydrogen-bond donors (Lipinski definition) is 1. The van der Waals surface area contributed by atoms with Crippen LogP contribution in [-0.2, 0) is 4.74 Å². The summed E-state index contributed by atoms with van der Waals surface area (Å²) >= 11 is 0. The Morgan fingerprint density at radius 1 is 1.08 bits per heavy atom. The molecule has 0 spiro atoms. The molecule has 2 atom stereocenters. The Hall–Kier alpha value is -0.0800. The van der Waals surface area contributed by atoms with Gasteiger partial charge in [-0.05, 0) is 12.8 Å². The number of unbranched alkanes of at least 4 members (excludes halogenated alkanes) is 3. The minimum absolute atomic E-state index is 0.274. The van der Waals surface area contributed by atoms with Crippen molar-refractivity contribution in [3.8, 4) is 0 Å². The van der Waals surface area contributed by atoms with Crippen LogP contribution in [0.1, 0.15) is 45.4 Å². The Kier molecular flexibility index (Phi) is 4.62. The van der Waals surface area contributed by atoms with Gasteiger partial charge in [-0.1, -0.05) is 32.6 Å². The van der Waals surface area contributed by atoms with Crippen molar-refractivity contribution >= 4 is 0 Å². The SMILES string of the molecule is CCCCCC[C@@H]1O[C@H]1CCO. The van der Waals surface area contributed by atoms with Gasteiger partial charge < -0.3 is 9.84 Å². The molecular formula is C10H20O2. The lowest BCUT2D eigenvalue weighted by Gasteiger charge is -1.95. The highest BCUT2D eigenvalue weighted by Gasteiger charge is 2.36. The molecule has 1 aliphatic rings. The summed E-state index contributed by atoms with van der Waals surface area (Å²) in [6, 6.07) is 0. The number of aliphatic hydroxyl groups excluding tert-OH is 1. The standard InChI is InChI=1S/C10H20O2/c1-2-3-4-5-6-9-10(12-9)7-8-11/h9-11H,2-8H2,1H3/t9-,10-/m0/s1. The first-order chi connectivity index (χ1) is 5.88. The van der Waals surface area contributed by atoms with Crippen LogP contribution in [0.2, 0.25) is 0 Å². The quantitative estimate of drug-likeness (QED) is 0.471. The van der Waals surface area contributed by atoms with Crippen molar-refractivity contribution in [3.05, 3.63) is 0 Å². The van der Waals surface area contributed by atoms with E-state index in [0.29, 0.717) is 12.2 Å².